The molecule has 0 aliphatic heterocycles. The van der Waals surface area contributed by atoms with Crippen molar-refractivity contribution >= 4 is 0 Å². The number of benzene rings is 1. The van der Waals surface area contributed by atoms with Gasteiger partial charge < -0.3 is 10.2 Å². The molecule has 90 valence electrons. The molecule has 1 aromatic rings. The fourth-order valence-corrected chi connectivity index (χ4v) is 2.11. The molecule has 0 saturated carbocycles. The van der Waals surface area contributed by atoms with Gasteiger partial charge in [0.05, 0.1) is 11.2 Å². The van der Waals surface area contributed by atoms with E-state index in [9.17, 15) is 10.2 Å². The third kappa shape index (κ3) is 2.83. The van der Waals surface area contributed by atoms with Gasteiger partial charge in [0.2, 0.25) is 0 Å². The summed E-state index contributed by atoms with van der Waals surface area (Å²) < 4.78 is 0. The Kier molecular flexibility index (Phi) is 3.76. The molecule has 1 rings (SSSR count). The van der Waals surface area contributed by atoms with E-state index in [1.165, 1.54) is 0 Å². The highest BCUT2D eigenvalue weighted by molar-refractivity contribution is 5.35. The van der Waals surface area contributed by atoms with Crippen molar-refractivity contribution in [2.45, 2.75) is 51.7 Å². The number of aliphatic hydroxyl groups is 2. The quantitative estimate of drug-likeness (QED) is 0.822. The first-order valence-electron chi connectivity index (χ1n) is 5.84. The van der Waals surface area contributed by atoms with Crippen LogP contribution in [0.3, 0.4) is 0 Å². The van der Waals surface area contributed by atoms with Crippen LogP contribution in [0.25, 0.3) is 0 Å². The summed E-state index contributed by atoms with van der Waals surface area (Å²) >= 11 is 0. The molecular formula is C14H22O2. The Hall–Kier alpha value is -0.860. The van der Waals surface area contributed by atoms with E-state index in [2.05, 4.69) is 0 Å². The third-order valence-electron chi connectivity index (χ3n) is 2.90. The lowest BCUT2D eigenvalue weighted by atomic mass is 9.82. The van der Waals surface area contributed by atoms with E-state index >= 15 is 0 Å². The molecule has 0 amide bonds. The predicted octanol–water partition coefficient (Wildman–Crippen LogP) is 2.92. The SMILES string of the molecule is CCCC(C)(O)c1ccccc1C(C)(C)O. The standard InChI is InChI=1S/C14H22O2/c1-5-10-14(4,16)12-9-7-6-8-11(12)13(2,3)15/h6-9,15-16H,5,10H2,1-4H3. The first-order valence-corrected chi connectivity index (χ1v) is 5.84. The van der Waals surface area contributed by atoms with Crippen molar-refractivity contribution in [2.75, 3.05) is 0 Å². The average Bonchev–Trinajstić information content (AvgIpc) is 2.16. The van der Waals surface area contributed by atoms with Gasteiger partial charge in [0, 0.05) is 0 Å². The lowest BCUT2D eigenvalue weighted by Gasteiger charge is -2.30. The maximum absolute atomic E-state index is 10.4. The molecule has 0 heterocycles. The Morgan fingerprint density at radius 1 is 1.00 bits per heavy atom. The van der Waals surface area contributed by atoms with Crippen LogP contribution in [0.15, 0.2) is 24.3 Å². The second-order valence-electron chi connectivity index (χ2n) is 5.13. The summed E-state index contributed by atoms with van der Waals surface area (Å²) in [6.45, 7) is 7.34. The Bertz CT molecular complexity index is 348. The maximum atomic E-state index is 10.4. The highest BCUT2D eigenvalue weighted by Crippen LogP contribution is 2.33. The van der Waals surface area contributed by atoms with Crippen molar-refractivity contribution in [3.8, 4) is 0 Å². The van der Waals surface area contributed by atoms with Crippen LogP contribution in [0.5, 0.6) is 0 Å². The Morgan fingerprint density at radius 3 is 1.94 bits per heavy atom. The normalized spacial score (nSPS) is 15.9. The van der Waals surface area contributed by atoms with Crippen molar-refractivity contribution < 1.29 is 10.2 Å². The Morgan fingerprint density at radius 2 is 1.50 bits per heavy atom. The fourth-order valence-electron chi connectivity index (χ4n) is 2.11. The Balaban J connectivity index is 3.23. The van der Waals surface area contributed by atoms with E-state index in [-0.39, 0.29) is 0 Å². The van der Waals surface area contributed by atoms with Crippen molar-refractivity contribution in [3.05, 3.63) is 35.4 Å². The summed E-state index contributed by atoms with van der Waals surface area (Å²) in [4.78, 5) is 0. The largest absolute Gasteiger partial charge is 0.386 e. The summed E-state index contributed by atoms with van der Waals surface area (Å²) in [6.07, 6.45) is 1.60. The smallest absolute Gasteiger partial charge is 0.0872 e. The molecule has 0 radical (unpaired) electrons. The molecule has 2 N–H and O–H groups in total. The predicted molar refractivity (Wildman–Crippen MR) is 66.2 cm³/mol. The van der Waals surface area contributed by atoms with Crippen molar-refractivity contribution in [3.63, 3.8) is 0 Å². The van der Waals surface area contributed by atoms with E-state index in [0.717, 1.165) is 17.5 Å². The van der Waals surface area contributed by atoms with E-state index in [0.29, 0.717) is 6.42 Å². The number of hydrogen-bond acceptors (Lipinski definition) is 2. The molecule has 0 spiro atoms. The molecular weight excluding hydrogens is 200 g/mol. The van der Waals surface area contributed by atoms with Crippen molar-refractivity contribution in [1.82, 2.24) is 0 Å². The van der Waals surface area contributed by atoms with E-state index < -0.39 is 11.2 Å². The topological polar surface area (TPSA) is 40.5 Å². The van der Waals surface area contributed by atoms with Crippen LogP contribution in [0, 0.1) is 0 Å². The third-order valence-corrected chi connectivity index (χ3v) is 2.90. The second kappa shape index (κ2) is 4.56. The molecule has 1 atom stereocenters. The Labute approximate surface area is 97.9 Å². The van der Waals surface area contributed by atoms with Crippen LogP contribution in [-0.4, -0.2) is 10.2 Å². The summed E-state index contributed by atoms with van der Waals surface area (Å²) in [5.74, 6) is 0. The van der Waals surface area contributed by atoms with Gasteiger partial charge in [-0.15, -0.1) is 0 Å². The van der Waals surface area contributed by atoms with Gasteiger partial charge in [-0.2, -0.15) is 0 Å². The summed E-state index contributed by atoms with van der Waals surface area (Å²) in [7, 11) is 0. The molecule has 2 nitrogen and oxygen atoms in total. The molecule has 0 fully saturated rings. The average molecular weight is 222 g/mol. The van der Waals surface area contributed by atoms with Gasteiger partial charge in [0.15, 0.2) is 0 Å². The van der Waals surface area contributed by atoms with Gasteiger partial charge >= 0.3 is 0 Å². The molecule has 2 heteroatoms. The number of rotatable bonds is 4. The monoisotopic (exact) mass is 222 g/mol. The summed E-state index contributed by atoms with van der Waals surface area (Å²) in [5, 5.41) is 20.5. The van der Waals surface area contributed by atoms with Crippen molar-refractivity contribution in [2.24, 2.45) is 0 Å². The zero-order valence-electron chi connectivity index (χ0n) is 10.6. The molecule has 0 aliphatic rings. The van der Waals surface area contributed by atoms with Gasteiger partial charge in [-0.05, 0) is 38.3 Å². The highest BCUT2D eigenvalue weighted by atomic mass is 16.3. The van der Waals surface area contributed by atoms with Crippen LogP contribution in [-0.2, 0) is 11.2 Å². The second-order valence-corrected chi connectivity index (χ2v) is 5.13. The fraction of sp³-hybridized carbons (Fsp3) is 0.571. The molecule has 0 bridgehead atoms. The zero-order valence-corrected chi connectivity index (χ0v) is 10.6. The minimum atomic E-state index is -0.922. The summed E-state index contributed by atoms with van der Waals surface area (Å²) in [5.41, 5.74) is -0.169. The van der Waals surface area contributed by atoms with E-state index in [1.807, 2.05) is 31.2 Å². The minimum absolute atomic E-state index is 0.695. The first-order chi connectivity index (χ1) is 7.29. The minimum Gasteiger partial charge on any atom is -0.386 e. The molecule has 1 aromatic carbocycles. The molecule has 0 aliphatic carbocycles. The van der Waals surface area contributed by atoms with Gasteiger partial charge in [-0.3, -0.25) is 0 Å². The van der Waals surface area contributed by atoms with E-state index in [1.54, 1.807) is 20.8 Å². The molecule has 1 unspecified atom stereocenters. The summed E-state index contributed by atoms with van der Waals surface area (Å²) in [6, 6.07) is 7.55. The van der Waals surface area contributed by atoms with Gasteiger partial charge in [-0.25, -0.2) is 0 Å². The van der Waals surface area contributed by atoms with Crippen molar-refractivity contribution in [1.29, 1.82) is 0 Å². The van der Waals surface area contributed by atoms with Crippen LogP contribution >= 0.6 is 0 Å². The lowest BCUT2D eigenvalue weighted by molar-refractivity contribution is 0.0326. The van der Waals surface area contributed by atoms with E-state index in [4.69, 9.17) is 0 Å². The number of hydrogen-bond donors (Lipinski definition) is 2. The molecule has 16 heavy (non-hydrogen) atoms. The van der Waals surface area contributed by atoms with Crippen LogP contribution in [0.1, 0.15) is 51.7 Å². The maximum Gasteiger partial charge on any atom is 0.0872 e. The van der Waals surface area contributed by atoms with Crippen LogP contribution in [0.4, 0.5) is 0 Å². The zero-order chi connectivity index (χ0) is 12.4. The highest BCUT2D eigenvalue weighted by Gasteiger charge is 2.29. The molecule has 0 saturated heterocycles. The molecule has 0 aromatic heterocycles. The van der Waals surface area contributed by atoms with Crippen LogP contribution < -0.4 is 0 Å². The first kappa shape index (κ1) is 13.2. The van der Waals surface area contributed by atoms with Gasteiger partial charge in [0.1, 0.15) is 0 Å². The lowest BCUT2D eigenvalue weighted by Crippen LogP contribution is -2.27. The van der Waals surface area contributed by atoms with Gasteiger partial charge in [0.25, 0.3) is 0 Å². The van der Waals surface area contributed by atoms with Crippen LogP contribution in [0.2, 0.25) is 0 Å². The van der Waals surface area contributed by atoms with Gasteiger partial charge in [-0.1, -0.05) is 37.6 Å².